The summed E-state index contributed by atoms with van der Waals surface area (Å²) in [6.45, 7) is 0.839. The van der Waals surface area contributed by atoms with Gasteiger partial charge in [-0.15, -0.1) is 0 Å². The Kier molecular flexibility index (Phi) is 3.93. The highest BCUT2D eigenvalue weighted by Gasteiger charge is 2.35. The zero-order chi connectivity index (χ0) is 16.6. The number of halogens is 4. The second-order valence-corrected chi connectivity index (χ2v) is 5.39. The van der Waals surface area contributed by atoms with Crippen molar-refractivity contribution in [3.05, 3.63) is 63.1 Å². The van der Waals surface area contributed by atoms with Crippen LogP contribution in [0.3, 0.4) is 0 Å². The lowest BCUT2D eigenvalue weighted by atomic mass is 10.1. The van der Waals surface area contributed by atoms with Crippen LogP contribution in [0.4, 0.5) is 17.6 Å². The number of alkyl halides is 3. The number of hydrogen-bond donors (Lipinski definition) is 1. The first-order valence-electron chi connectivity index (χ1n) is 6.99. The third-order valence-electron chi connectivity index (χ3n) is 3.77. The third kappa shape index (κ3) is 3.26. The van der Waals surface area contributed by atoms with Crippen molar-refractivity contribution < 1.29 is 17.6 Å². The fourth-order valence-electron chi connectivity index (χ4n) is 2.62. The highest BCUT2D eigenvalue weighted by atomic mass is 19.4. The molecule has 1 aromatic carbocycles. The Morgan fingerprint density at radius 1 is 1.26 bits per heavy atom. The second kappa shape index (κ2) is 5.77. The number of fused-ring (bicyclic) bond motifs is 1. The van der Waals surface area contributed by atoms with E-state index in [1.807, 2.05) is 4.90 Å². The van der Waals surface area contributed by atoms with Crippen molar-refractivity contribution in [1.29, 1.82) is 0 Å². The van der Waals surface area contributed by atoms with Gasteiger partial charge in [-0.2, -0.15) is 13.2 Å². The molecular weight excluding hydrogens is 314 g/mol. The maximum absolute atomic E-state index is 13.7. The van der Waals surface area contributed by atoms with E-state index in [0.29, 0.717) is 12.1 Å². The average molecular weight is 327 g/mol. The van der Waals surface area contributed by atoms with Crippen LogP contribution >= 0.6 is 0 Å². The topological polar surface area (TPSA) is 49.0 Å². The fraction of sp³-hybridized carbons (Fsp3) is 0.333. The van der Waals surface area contributed by atoms with Gasteiger partial charge in [-0.3, -0.25) is 9.69 Å². The predicted molar refractivity (Wildman–Crippen MR) is 74.1 cm³/mol. The van der Waals surface area contributed by atoms with Crippen molar-refractivity contribution in [1.82, 2.24) is 14.9 Å². The quantitative estimate of drug-likeness (QED) is 0.862. The molecule has 0 aliphatic carbocycles. The fourth-order valence-corrected chi connectivity index (χ4v) is 2.62. The van der Waals surface area contributed by atoms with Crippen LogP contribution in [-0.2, 0) is 25.7 Å². The van der Waals surface area contributed by atoms with Crippen molar-refractivity contribution in [2.45, 2.75) is 25.7 Å². The minimum absolute atomic E-state index is 0.143. The lowest BCUT2D eigenvalue weighted by Gasteiger charge is -2.27. The lowest BCUT2D eigenvalue weighted by Crippen LogP contribution is -2.36. The van der Waals surface area contributed by atoms with Crippen molar-refractivity contribution in [3.8, 4) is 0 Å². The molecule has 23 heavy (non-hydrogen) atoms. The zero-order valence-electron chi connectivity index (χ0n) is 12.0. The molecule has 3 rings (SSSR count). The largest absolute Gasteiger partial charge is 0.449 e. The molecule has 1 aromatic heterocycles. The highest BCUT2D eigenvalue weighted by molar-refractivity contribution is 5.23. The molecular formula is C15H13F4N3O. The molecule has 0 unspecified atom stereocenters. The van der Waals surface area contributed by atoms with E-state index in [9.17, 15) is 22.4 Å². The molecule has 0 spiro atoms. The van der Waals surface area contributed by atoms with Crippen LogP contribution in [0.1, 0.15) is 22.6 Å². The molecule has 2 aromatic rings. The summed E-state index contributed by atoms with van der Waals surface area (Å²) < 4.78 is 51.7. The van der Waals surface area contributed by atoms with Crippen LogP contribution < -0.4 is 5.56 Å². The van der Waals surface area contributed by atoms with Crippen molar-refractivity contribution in [2.24, 2.45) is 0 Å². The van der Waals surface area contributed by atoms with Gasteiger partial charge in [0.2, 0.25) is 5.82 Å². The third-order valence-corrected chi connectivity index (χ3v) is 3.77. The van der Waals surface area contributed by atoms with Gasteiger partial charge in [0.25, 0.3) is 5.56 Å². The second-order valence-electron chi connectivity index (χ2n) is 5.39. The Bertz CT molecular complexity index is 785. The number of rotatable bonds is 2. The minimum Gasteiger partial charge on any atom is -0.303 e. The van der Waals surface area contributed by atoms with E-state index in [1.54, 1.807) is 23.2 Å². The molecule has 0 amide bonds. The molecule has 0 fully saturated rings. The van der Waals surface area contributed by atoms with Gasteiger partial charge >= 0.3 is 6.18 Å². The van der Waals surface area contributed by atoms with E-state index in [0.717, 1.165) is 0 Å². The van der Waals surface area contributed by atoms with Gasteiger partial charge in [0.05, 0.1) is 11.3 Å². The number of benzene rings is 1. The normalized spacial score (nSPS) is 15.5. The summed E-state index contributed by atoms with van der Waals surface area (Å²) in [6, 6.07) is 6.27. The Balaban J connectivity index is 1.84. The van der Waals surface area contributed by atoms with Crippen LogP contribution in [0, 0.1) is 5.82 Å². The van der Waals surface area contributed by atoms with E-state index in [4.69, 9.17) is 0 Å². The monoisotopic (exact) mass is 327 g/mol. The van der Waals surface area contributed by atoms with Crippen LogP contribution in [0.25, 0.3) is 0 Å². The maximum atomic E-state index is 13.7. The molecule has 2 heterocycles. The first-order chi connectivity index (χ1) is 10.8. The van der Waals surface area contributed by atoms with E-state index >= 15 is 0 Å². The van der Waals surface area contributed by atoms with Gasteiger partial charge in [-0.1, -0.05) is 18.2 Å². The van der Waals surface area contributed by atoms with Gasteiger partial charge < -0.3 is 4.98 Å². The maximum Gasteiger partial charge on any atom is 0.449 e. The highest BCUT2D eigenvalue weighted by Crippen LogP contribution is 2.26. The Morgan fingerprint density at radius 2 is 2.00 bits per heavy atom. The van der Waals surface area contributed by atoms with Crippen LogP contribution in [0.5, 0.6) is 0 Å². The van der Waals surface area contributed by atoms with E-state index in [2.05, 4.69) is 4.98 Å². The molecule has 8 heteroatoms. The number of hydrogen-bond acceptors (Lipinski definition) is 3. The molecule has 0 saturated heterocycles. The smallest absolute Gasteiger partial charge is 0.303 e. The number of nitrogens with zero attached hydrogens (tertiary/aromatic N) is 2. The van der Waals surface area contributed by atoms with Crippen LogP contribution in [0.2, 0.25) is 0 Å². The molecule has 4 nitrogen and oxygen atoms in total. The molecule has 0 bridgehead atoms. The van der Waals surface area contributed by atoms with Gasteiger partial charge in [0.1, 0.15) is 5.82 Å². The first-order valence-corrected chi connectivity index (χ1v) is 6.99. The summed E-state index contributed by atoms with van der Waals surface area (Å²) in [4.78, 5) is 19.0. The first kappa shape index (κ1) is 15.7. The summed E-state index contributed by atoms with van der Waals surface area (Å²) in [7, 11) is 0. The number of aromatic amines is 1. The van der Waals surface area contributed by atoms with E-state index < -0.39 is 17.6 Å². The summed E-state index contributed by atoms with van der Waals surface area (Å²) >= 11 is 0. The average Bonchev–Trinajstić information content (AvgIpc) is 2.49. The van der Waals surface area contributed by atoms with Crippen molar-refractivity contribution in [2.75, 3.05) is 6.54 Å². The molecule has 122 valence electrons. The van der Waals surface area contributed by atoms with E-state index in [-0.39, 0.29) is 36.6 Å². The summed E-state index contributed by atoms with van der Waals surface area (Å²) in [5.74, 6) is -1.62. The van der Waals surface area contributed by atoms with Gasteiger partial charge in [0, 0.05) is 31.6 Å². The number of nitrogens with one attached hydrogen (secondary N) is 1. The van der Waals surface area contributed by atoms with E-state index in [1.165, 1.54) is 6.07 Å². The van der Waals surface area contributed by atoms with Crippen molar-refractivity contribution >= 4 is 0 Å². The SMILES string of the molecule is O=c1[nH]c(C(F)(F)F)nc2c1CN(Cc1ccccc1F)CC2. The van der Waals surface area contributed by atoms with Gasteiger partial charge in [-0.05, 0) is 6.07 Å². The summed E-state index contributed by atoms with van der Waals surface area (Å²) in [5, 5.41) is 0. The molecule has 0 atom stereocenters. The summed E-state index contributed by atoms with van der Waals surface area (Å²) in [5.41, 5.74) is 0.0549. The zero-order valence-corrected chi connectivity index (χ0v) is 12.0. The lowest BCUT2D eigenvalue weighted by molar-refractivity contribution is -0.145. The van der Waals surface area contributed by atoms with Crippen LogP contribution in [0.15, 0.2) is 29.1 Å². The molecule has 0 radical (unpaired) electrons. The van der Waals surface area contributed by atoms with Crippen LogP contribution in [-0.4, -0.2) is 21.4 Å². The predicted octanol–water partition coefficient (Wildman–Crippen LogP) is 2.49. The van der Waals surface area contributed by atoms with Crippen molar-refractivity contribution in [3.63, 3.8) is 0 Å². The van der Waals surface area contributed by atoms with Gasteiger partial charge in [0.15, 0.2) is 0 Å². The molecule has 1 aliphatic heterocycles. The van der Waals surface area contributed by atoms with Gasteiger partial charge in [-0.25, -0.2) is 9.37 Å². The number of aromatic nitrogens is 2. The molecule has 1 aliphatic rings. The molecule has 0 saturated carbocycles. The number of H-pyrrole nitrogens is 1. The summed E-state index contributed by atoms with van der Waals surface area (Å²) in [6.07, 6.45) is -4.46. The standard InChI is InChI=1S/C15H13F4N3O/c16-11-4-2-1-3-9(11)7-22-6-5-12-10(8-22)13(23)21-14(20-12)15(17,18)19/h1-4H,5-8H2,(H,20,21,23). The molecule has 1 N–H and O–H groups in total. The Labute approximate surface area is 128 Å². The Hall–Kier alpha value is -2.22. The Morgan fingerprint density at radius 3 is 2.70 bits per heavy atom. The minimum atomic E-state index is -4.68.